The van der Waals surface area contributed by atoms with Crippen molar-refractivity contribution in [3.05, 3.63) is 0 Å². The molecule has 1 aliphatic carbocycles. The van der Waals surface area contributed by atoms with Gasteiger partial charge in [0.1, 0.15) is 0 Å². The molecule has 0 bridgehead atoms. The molecule has 2 fully saturated rings. The van der Waals surface area contributed by atoms with E-state index in [0.29, 0.717) is 24.2 Å². The van der Waals surface area contributed by atoms with E-state index in [-0.39, 0.29) is 6.10 Å². The molecule has 0 aromatic heterocycles. The summed E-state index contributed by atoms with van der Waals surface area (Å²) in [6.07, 6.45) is 1.55. The number of amides is 1. The van der Waals surface area contributed by atoms with Crippen LogP contribution in [-0.4, -0.2) is 35.1 Å². The zero-order valence-corrected chi connectivity index (χ0v) is 7.36. The van der Waals surface area contributed by atoms with Gasteiger partial charge in [-0.15, -0.1) is 0 Å². The van der Waals surface area contributed by atoms with Gasteiger partial charge in [-0.2, -0.15) is 0 Å². The van der Waals surface area contributed by atoms with Gasteiger partial charge in [0.25, 0.3) is 0 Å². The second kappa shape index (κ2) is 2.73. The van der Waals surface area contributed by atoms with E-state index in [4.69, 9.17) is 5.11 Å². The summed E-state index contributed by atoms with van der Waals surface area (Å²) < 4.78 is 0. The lowest BCUT2D eigenvalue weighted by Crippen LogP contribution is -2.30. The Kier molecular flexibility index (Phi) is 1.83. The van der Waals surface area contributed by atoms with Crippen molar-refractivity contribution in [2.24, 2.45) is 11.8 Å². The lowest BCUT2D eigenvalue weighted by atomic mass is 10.2. The van der Waals surface area contributed by atoms with Gasteiger partial charge >= 0.3 is 0 Å². The SMILES string of the molecule is CC(O)CCN1CC2CC2C1=O. The Hall–Kier alpha value is -0.570. The topological polar surface area (TPSA) is 40.5 Å². The number of carbonyl (C=O) groups excluding carboxylic acids is 1. The third-order valence-electron chi connectivity index (χ3n) is 2.82. The lowest BCUT2D eigenvalue weighted by Gasteiger charge is -2.18. The van der Waals surface area contributed by atoms with Gasteiger partial charge in [-0.05, 0) is 25.7 Å². The Morgan fingerprint density at radius 1 is 1.75 bits per heavy atom. The number of hydrogen-bond donors (Lipinski definition) is 1. The zero-order chi connectivity index (χ0) is 8.72. The molecule has 3 heteroatoms. The second-order valence-corrected chi connectivity index (χ2v) is 4.02. The minimum absolute atomic E-state index is 0.283. The predicted octanol–water partition coefficient (Wildman–Crippen LogP) is 0.236. The molecule has 1 N–H and O–H groups in total. The first-order valence-corrected chi connectivity index (χ1v) is 4.65. The molecule has 1 heterocycles. The summed E-state index contributed by atoms with van der Waals surface area (Å²) in [5, 5.41) is 9.04. The first-order valence-electron chi connectivity index (χ1n) is 4.65. The molecule has 0 spiro atoms. The van der Waals surface area contributed by atoms with Gasteiger partial charge < -0.3 is 10.0 Å². The Balaban J connectivity index is 1.79. The molecule has 3 atom stereocenters. The van der Waals surface area contributed by atoms with Crippen LogP contribution < -0.4 is 0 Å². The fourth-order valence-electron chi connectivity index (χ4n) is 1.90. The molecule has 1 saturated heterocycles. The van der Waals surface area contributed by atoms with Crippen LogP contribution in [0.25, 0.3) is 0 Å². The van der Waals surface area contributed by atoms with E-state index in [2.05, 4.69) is 0 Å². The summed E-state index contributed by atoms with van der Waals surface area (Å²) in [7, 11) is 0. The molecular formula is C9H15NO2. The van der Waals surface area contributed by atoms with Gasteiger partial charge in [0.05, 0.1) is 6.10 Å². The van der Waals surface area contributed by atoms with Gasteiger partial charge in [-0.1, -0.05) is 0 Å². The molecule has 1 aliphatic heterocycles. The zero-order valence-electron chi connectivity index (χ0n) is 7.36. The number of hydrogen-bond acceptors (Lipinski definition) is 2. The normalized spacial score (nSPS) is 35.2. The monoisotopic (exact) mass is 169 g/mol. The number of aliphatic hydroxyl groups excluding tert-OH is 1. The van der Waals surface area contributed by atoms with E-state index < -0.39 is 0 Å². The minimum Gasteiger partial charge on any atom is -0.393 e. The van der Waals surface area contributed by atoms with Crippen molar-refractivity contribution < 1.29 is 9.90 Å². The lowest BCUT2D eigenvalue weighted by molar-refractivity contribution is -0.130. The Bertz CT molecular complexity index is 203. The van der Waals surface area contributed by atoms with Crippen LogP contribution in [0.1, 0.15) is 19.8 Å². The quantitative estimate of drug-likeness (QED) is 0.657. The highest BCUT2D eigenvalue weighted by atomic mass is 16.3. The second-order valence-electron chi connectivity index (χ2n) is 4.02. The van der Waals surface area contributed by atoms with E-state index in [1.165, 1.54) is 0 Å². The molecule has 1 amide bonds. The highest BCUT2D eigenvalue weighted by Gasteiger charge is 2.51. The van der Waals surface area contributed by atoms with E-state index in [1.54, 1.807) is 6.92 Å². The number of piperidine rings is 1. The molecule has 3 unspecified atom stereocenters. The summed E-state index contributed by atoms with van der Waals surface area (Å²) in [5.41, 5.74) is 0. The van der Waals surface area contributed by atoms with Crippen molar-refractivity contribution in [2.45, 2.75) is 25.9 Å². The maximum atomic E-state index is 11.4. The van der Waals surface area contributed by atoms with Crippen LogP contribution in [0.4, 0.5) is 0 Å². The van der Waals surface area contributed by atoms with Crippen LogP contribution in [0.15, 0.2) is 0 Å². The maximum Gasteiger partial charge on any atom is 0.226 e. The van der Waals surface area contributed by atoms with Gasteiger partial charge in [0.2, 0.25) is 5.91 Å². The standard InChI is InChI=1S/C9H15NO2/c1-6(11)2-3-10-5-7-4-8(7)9(10)12/h6-8,11H,2-5H2,1H3. The molecule has 0 aromatic carbocycles. The summed E-state index contributed by atoms with van der Waals surface area (Å²) >= 11 is 0. The molecule has 0 radical (unpaired) electrons. The van der Waals surface area contributed by atoms with E-state index in [9.17, 15) is 4.79 Å². The largest absolute Gasteiger partial charge is 0.393 e. The van der Waals surface area contributed by atoms with Crippen LogP contribution in [0.5, 0.6) is 0 Å². The summed E-state index contributed by atoms with van der Waals surface area (Å²) in [5.74, 6) is 1.34. The molecule has 1 saturated carbocycles. The highest BCUT2D eigenvalue weighted by molar-refractivity contribution is 5.84. The number of rotatable bonds is 3. The average Bonchev–Trinajstić information content (AvgIpc) is 2.70. The Morgan fingerprint density at radius 2 is 2.50 bits per heavy atom. The van der Waals surface area contributed by atoms with E-state index >= 15 is 0 Å². The summed E-state index contributed by atoms with van der Waals surface area (Å²) in [6, 6.07) is 0. The van der Waals surface area contributed by atoms with Gasteiger partial charge in [0.15, 0.2) is 0 Å². The van der Waals surface area contributed by atoms with Crippen molar-refractivity contribution in [1.29, 1.82) is 0 Å². The van der Waals surface area contributed by atoms with Crippen molar-refractivity contribution >= 4 is 5.91 Å². The molecule has 68 valence electrons. The van der Waals surface area contributed by atoms with Gasteiger partial charge in [-0.25, -0.2) is 0 Å². The fraction of sp³-hybridized carbons (Fsp3) is 0.889. The number of fused-ring (bicyclic) bond motifs is 1. The third kappa shape index (κ3) is 1.33. The van der Waals surface area contributed by atoms with Crippen molar-refractivity contribution in [3.63, 3.8) is 0 Å². The van der Waals surface area contributed by atoms with Crippen LogP contribution >= 0.6 is 0 Å². The van der Waals surface area contributed by atoms with Crippen molar-refractivity contribution in [3.8, 4) is 0 Å². The number of aliphatic hydroxyl groups is 1. The summed E-state index contributed by atoms with van der Waals surface area (Å²) in [6.45, 7) is 3.45. The van der Waals surface area contributed by atoms with Gasteiger partial charge in [-0.3, -0.25) is 4.79 Å². The predicted molar refractivity (Wildman–Crippen MR) is 44.5 cm³/mol. The number of carbonyl (C=O) groups is 1. The van der Waals surface area contributed by atoms with Crippen LogP contribution in [0.2, 0.25) is 0 Å². The maximum absolute atomic E-state index is 11.4. The Morgan fingerprint density at radius 3 is 3.00 bits per heavy atom. The van der Waals surface area contributed by atoms with E-state index in [0.717, 1.165) is 19.5 Å². The molecular weight excluding hydrogens is 154 g/mol. The van der Waals surface area contributed by atoms with Crippen LogP contribution in [0.3, 0.4) is 0 Å². The smallest absolute Gasteiger partial charge is 0.226 e. The van der Waals surface area contributed by atoms with Crippen molar-refractivity contribution in [2.75, 3.05) is 13.1 Å². The molecule has 2 rings (SSSR count). The molecule has 0 aromatic rings. The molecule has 3 nitrogen and oxygen atoms in total. The van der Waals surface area contributed by atoms with E-state index in [1.807, 2.05) is 4.90 Å². The average molecular weight is 169 g/mol. The highest BCUT2D eigenvalue weighted by Crippen LogP contribution is 2.45. The first-order chi connectivity index (χ1) is 5.68. The third-order valence-corrected chi connectivity index (χ3v) is 2.82. The minimum atomic E-state index is -0.283. The summed E-state index contributed by atoms with van der Waals surface area (Å²) in [4.78, 5) is 13.3. The fourth-order valence-corrected chi connectivity index (χ4v) is 1.90. The van der Waals surface area contributed by atoms with Gasteiger partial charge in [0, 0.05) is 19.0 Å². The first kappa shape index (κ1) is 8.05. The molecule has 2 aliphatic rings. The van der Waals surface area contributed by atoms with Crippen LogP contribution in [-0.2, 0) is 4.79 Å². The number of likely N-dealkylation sites (tertiary alicyclic amines) is 1. The molecule has 12 heavy (non-hydrogen) atoms. The van der Waals surface area contributed by atoms with Crippen molar-refractivity contribution in [1.82, 2.24) is 4.90 Å². The van der Waals surface area contributed by atoms with Crippen LogP contribution in [0, 0.1) is 11.8 Å². The number of nitrogens with zero attached hydrogens (tertiary/aromatic N) is 1. The Labute approximate surface area is 72.4 Å².